The Balaban J connectivity index is 6.66. The topological polar surface area (TPSA) is 102 Å². The fourth-order valence-electron chi connectivity index (χ4n) is 7.76. The molecule has 0 heterocycles. The lowest BCUT2D eigenvalue weighted by Gasteiger charge is -2.56. The van der Waals surface area contributed by atoms with Gasteiger partial charge in [0.05, 0.1) is 6.10 Å². The Morgan fingerprint density at radius 3 is 1.51 bits per heavy atom. The van der Waals surface area contributed by atoms with E-state index in [0.717, 1.165) is 44.9 Å². The molecule has 6 unspecified atom stereocenters. The molecular weight excluding hydrogens is 584 g/mol. The van der Waals surface area contributed by atoms with E-state index < -0.39 is 11.5 Å². The van der Waals surface area contributed by atoms with Crippen LogP contribution < -0.4 is 11.1 Å². The second-order valence-electron chi connectivity index (χ2n) is 19.7. The van der Waals surface area contributed by atoms with Gasteiger partial charge in [0.1, 0.15) is 6.10 Å². The third-order valence-corrected chi connectivity index (χ3v) is 14.8. The highest BCUT2D eigenvalue weighted by Crippen LogP contribution is 2.57. The van der Waals surface area contributed by atoms with E-state index >= 15 is 0 Å². The van der Waals surface area contributed by atoms with E-state index in [1.165, 1.54) is 6.92 Å². The maximum atomic E-state index is 12.4. The molecule has 0 rings (SSSR count). The van der Waals surface area contributed by atoms with Gasteiger partial charge in [-0.25, -0.2) is 0 Å². The second kappa shape index (κ2) is 16.3. The lowest BCUT2D eigenvalue weighted by atomic mass is 9.52. The first-order valence-corrected chi connectivity index (χ1v) is 18.7. The highest BCUT2D eigenvalue weighted by atomic mass is 16.5. The molecule has 0 aliphatic heterocycles. The van der Waals surface area contributed by atoms with Gasteiger partial charge in [-0.05, 0) is 76.4 Å². The molecule has 0 saturated carbocycles. The van der Waals surface area contributed by atoms with Gasteiger partial charge in [0.25, 0.3) is 0 Å². The second-order valence-corrected chi connectivity index (χ2v) is 19.7. The van der Waals surface area contributed by atoms with Gasteiger partial charge in [0.2, 0.25) is 6.41 Å². The number of aliphatic hydroxyl groups excluding tert-OH is 1. The van der Waals surface area contributed by atoms with Crippen LogP contribution in [0.15, 0.2) is 0 Å². The Morgan fingerprint density at radius 1 is 0.702 bits per heavy atom. The van der Waals surface area contributed by atoms with Crippen LogP contribution in [0.3, 0.4) is 0 Å². The van der Waals surface area contributed by atoms with Crippen molar-refractivity contribution in [3.8, 4) is 0 Å². The molecule has 4 N–H and O–H groups in total. The molecule has 0 spiro atoms. The van der Waals surface area contributed by atoms with E-state index in [0.29, 0.717) is 12.8 Å². The van der Waals surface area contributed by atoms with Crippen molar-refractivity contribution in [2.45, 2.75) is 207 Å². The maximum Gasteiger partial charge on any atom is 0.302 e. The molecule has 1 amide bonds. The zero-order valence-corrected chi connectivity index (χ0v) is 34.8. The van der Waals surface area contributed by atoms with Crippen molar-refractivity contribution in [1.29, 1.82) is 0 Å². The predicted molar refractivity (Wildman–Crippen MR) is 201 cm³/mol. The van der Waals surface area contributed by atoms with Crippen LogP contribution in [0.25, 0.3) is 0 Å². The molecule has 6 heteroatoms. The highest BCUT2D eigenvalue weighted by Gasteiger charge is 2.54. The molecule has 6 nitrogen and oxygen atoms in total. The smallest absolute Gasteiger partial charge is 0.302 e. The quantitative estimate of drug-likeness (QED) is 0.0836. The minimum Gasteiger partial charge on any atom is -0.462 e. The molecule has 0 bridgehead atoms. The van der Waals surface area contributed by atoms with Crippen LogP contribution in [0.1, 0.15) is 183 Å². The van der Waals surface area contributed by atoms with Crippen molar-refractivity contribution >= 4 is 12.4 Å². The van der Waals surface area contributed by atoms with Crippen molar-refractivity contribution < 1.29 is 19.4 Å². The van der Waals surface area contributed by atoms with Crippen LogP contribution in [0.4, 0.5) is 0 Å². The zero-order chi connectivity index (χ0) is 37.7. The van der Waals surface area contributed by atoms with Crippen LogP contribution in [-0.2, 0) is 14.3 Å². The van der Waals surface area contributed by atoms with Gasteiger partial charge in [-0.2, -0.15) is 0 Å². The molecule has 0 aliphatic carbocycles. The molecule has 47 heavy (non-hydrogen) atoms. The summed E-state index contributed by atoms with van der Waals surface area (Å²) in [4.78, 5) is 24.6. The first kappa shape index (κ1) is 45.9. The zero-order valence-electron chi connectivity index (χ0n) is 34.8. The summed E-state index contributed by atoms with van der Waals surface area (Å²) in [6.07, 6.45) is 6.59. The number of rotatable bonds is 21. The minimum atomic E-state index is -0.632. The summed E-state index contributed by atoms with van der Waals surface area (Å²) in [5.74, 6) is -0.249. The van der Waals surface area contributed by atoms with Crippen molar-refractivity contribution in [1.82, 2.24) is 5.32 Å². The monoisotopic (exact) mass is 667 g/mol. The fourth-order valence-corrected chi connectivity index (χ4v) is 7.76. The lowest BCUT2D eigenvalue weighted by molar-refractivity contribution is -0.169. The Labute approximate surface area is 292 Å². The number of hydrogen-bond acceptors (Lipinski definition) is 5. The SMILES string of the molecule is CCC(C)(CC)CC(OC(C)=O)C(C)(CC)C(C)(C)CC(O)C(C)(C)C(C)(C)CC(NC=O)C(C)(CC)C(C)(C)CC(N)C(C)(C)C. The Bertz CT molecular complexity index is 990. The lowest BCUT2D eigenvalue weighted by Crippen LogP contribution is -2.57. The normalized spacial score (nSPS) is 19.2. The molecule has 280 valence electrons. The van der Waals surface area contributed by atoms with Crippen molar-refractivity contribution in [3.63, 3.8) is 0 Å². The van der Waals surface area contributed by atoms with E-state index in [2.05, 4.69) is 130 Å². The van der Waals surface area contributed by atoms with Crippen LogP contribution >= 0.6 is 0 Å². The molecule has 0 saturated heterocycles. The maximum absolute atomic E-state index is 12.4. The molecule has 0 aromatic carbocycles. The standard InChI is InChI=1S/C41H82N2O4/c1-20-39(17,21-2)27-33(47-29(5)45)41(19,23-4)37(13,14)26-32(46)38(15,16)35(9,10)25-31(43-28-44)40(18,22-3)36(11,12)24-30(42)34(6,7)8/h28,30-33,46H,20-27,42H2,1-19H3,(H,43,44). The molecule has 0 aliphatic rings. The molecule has 0 aromatic heterocycles. The largest absolute Gasteiger partial charge is 0.462 e. The van der Waals surface area contributed by atoms with E-state index in [9.17, 15) is 14.7 Å². The third-order valence-electron chi connectivity index (χ3n) is 14.8. The van der Waals surface area contributed by atoms with Gasteiger partial charge >= 0.3 is 5.97 Å². The number of carbonyl (C=O) groups is 2. The van der Waals surface area contributed by atoms with Gasteiger partial charge < -0.3 is 20.9 Å². The van der Waals surface area contributed by atoms with Gasteiger partial charge in [-0.3, -0.25) is 9.59 Å². The van der Waals surface area contributed by atoms with E-state index in [-0.39, 0.29) is 62.1 Å². The summed E-state index contributed by atoms with van der Waals surface area (Å²) in [6.45, 7) is 41.6. The Morgan fingerprint density at radius 2 is 1.15 bits per heavy atom. The van der Waals surface area contributed by atoms with Crippen LogP contribution in [0, 0.1) is 43.3 Å². The van der Waals surface area contributed by atoms with Crippen molar-refractivity contribution in [2.24, 2.45) is 49.1 Å². The Hall–Kier alpha value is -1.14. The molecule has 0 radical (unpaired) electrons. The summed E-state index contributed by atoms with van der Waals surface area (Å²) < 4.78 is 6.17. The first-order valence-electron chi connectivity index (χ1n) is 18.7. The summed E-state index contributed by atoms with van der Waals surface area (Å²) in [5.41, 5.74) is 4.84. The number of hydrogen-bond donors (Lipinski definition) is 3. The van der Waals surface area contributed by atoms with Crippen LogP contribution in [-0.4, -0.2) is 41.8 Å². The van der Waals surface area contributed by atoms with Gasteiger partial charge in [-0.1, -0.05) is 137 Å². The summed E-state index contributed by atoms with van der Waals surface area (Å²) in [7, 11) is 0. The van der Waals surface area contributed by atoms with Gasteiger partial charge in [0.15, 0.2) is 0 Å². The number of carbonyl (C=O) groups excluding carboxylic acids is 2. The molecule has 6 atom stereocenters. The van der Waals surface area contributed by atoms with Gasteiger partial charge in [-0.15, -0.1) is 0 Å². The number of amides is 1. The average molecular weight is 667 g/mol. The first-order chi connectivity index (χ1) is 20.9. The molecule has 0 aromatic rings. The Kier molecular flexibility index (Phi) is 15.9. The number of ether oxygens (including phenoxy) is 1. The predicted octanol–water partition coefficient (Wildman–Crippen LogP) is 10.1. The van der Waals surface area contributed by atoms with E-state index in [1.54, 1.807) is 0 Å². The molecule has 0 fully saturated rings. The fraction of sp³-hybridized carbons (Fsp3) is 0.951. The number of esters is 1. The molecular formula is C41H82N2O4. The van der Waals surface area contributed by atoms with E-state index in [1.807, 2.05) is 0 Å². The van der Waals surface area contributed by atoms with Crippen molar-refractivity contribution in [3.05, 3.63) is 0 Å². The van der Waals surface area contributed by atoms with Crippen LogP contribution in [0.5, 0.6) is 0 Å². The summed E-state index contributed by atoms with van der Waals surface area (Å²) in [6, 6.07) is -0.0957. The van der Waals surface area contributed by atoms with Gasteiger partial charge in [0, 0.05) is 24.4 Å². The van der Waals surface area contributed by atoms with E-state index in [4.69, 9.17) is 10.5 Å². The highest BCUT2D eigenvalue weighted by molar-refractivity contribution is 5.66. The number of nitrogens with one attached hydrogen (secondary N) is 1. The van der Waals surface area contributed by atoms with Crippen molar-refractivity contribution in [2.75, 3.05) is 0 Å². The summed E-state index contributed by atoms with van der Waals surface area (Å²) in [5, 5.41) is 15.5. The minimum absolute atomic E-state index is 0.0185. The number of aliphatic hydroxyl groups is 1. The average Bonchev–Trinajstić information content (AvgIpc) is 2.93. The van der Waals surface area contributed by atoms with Crippen LogP contribution in [0.2, 0.25) is 0 Å². The number of nitrogens with two attached hydrogens (primary N) is 1. The summed E-state index contributed by atoms with van der Waals surface area (Å²) >= 11 is 0. The third kappa shape index (κ3) is 10.4.